The van der Waals surface area contributed by atoms with Gasteiger partial charge in [0, 0.05) is 5.56 Å². The van der Waals surface area contributed by atoms with E-state index >= 15 is 0 Å². The molecule has 1 N–H and O–H groups in total. The summed E-state index contributed by atoms with van der Waals surface area (Å²) in [6, 6.07) is 0.218. The highest BCUT2D eigenvalue weighted by molar-refractivity contribution is 7.13. The predicted molar refractivity (Wildman–Crippen MR) is 73.8 cm³/mol. The van der Waals surface area contributed by atoms with Gasteiger partial charge in [0.05, 0.1) is 21.6 Å². The standard InChI is InChI=1S/C13H15N3OS/c1-6-10(12-7(2)16-17-8(12)3)5-11-13(14-6)15-9(4)18-11/h5-6,14H,1-4H3. The third-order valence-corrected chi connectivity index (χ3v) is 4.11. The molecule has 3 rings (SSSR count). The van der Waals surface area contributed by atoms with Gasteiger partial charge in [-0.15, -0.1) is 11.3 Å². The minimum atomic E-state index is 0.218. The monoisotopic (exact) mass is 261 g/mol. The van der Waals surface area contributed by atoms with Crippen LogP contribution in [0.1, 0.15) is 33.8 Å². The van der Waals surface area contributed by atoms with Crippen LogP contribution in [0, 0.1) is 20.8 Å². The number of thiazole rings is 1. The van der Waals surface area contributed by atoms with Gasteiger partial charge in [-0.2, -0.15) is 0 Å². The van der Waals surface area contributed by atoms with Gasteiger partial charge in [-0.3, -0.25) is 0 Å². The van der Waals surface area contributed by atoms with E-state index in [1.807, 2.05) is 20.8 Å². The maximum Gasteiger partial charge on any atom is 0.145 e. The molecule has 0 saturated heterocycles. The SMILES string of the molecule is Cc1nc2c(s1)C=C(c1c(C)noc1C)C(C)N2. The Balaban J connectivity index is 2.15. The van der Waals surface area contributed by atoms with Crippen molar-refractivity contribution in [3.8, 4) is 0 Å². The summed E-state index contributed by atoms with van der Waals surface area (Å²) in [6.45, 7) is 8.09. The third kappa shape index (κ3) is 1.66. The van der Waals surface area contributed by atoms with Gasteiger partial charge in [0.15, 0.2) is 0 Å². The minimum Gasteiger partial charge on any atom is -0.362 e. The molecule has 0 radical (unpaired) electrons. The van der Waals surface area contributed by atoms with Gasteiger partial charge in [-0.1, -0.05) is 5.16 Å². The van der Waals surface area contributed by atoms with E-state index in [2.05, 4.69) is 28.5 Å². The first-order valence-electron chi connectivity index (χ1n) is 5.95. The number of nitrogens with one attached hydrogen (secondary N) is 1. The van der Waals surface area contributed by atoms with Crippen molar-refractivity contribution in [2.45, 2.75) is 33.7 Å². The first-order valence-corrected chi connectivity index (χ1v) is 6.76. The molecule has 2 aromatic heterocycles. The van der Waals surface area contributed by atoms with Crippen LogP contribution in [-0.4, -0.2) is 16.2 Å². The summed E-state index contributed by atoms with van der Waals surface area (Å²) in [5.41, 5.74) is 3.28. The van der Waals surface area contributed by atoms with Gasteiger partial charge in [-0.05, 0) is 39.3 Å². The number of rotatable bonds is 1. The summed E-state index contributed by atoms with van der Waals surface area (Å²) in [4.78, 5) is 5.67. The lowest BCUT2D eigenvalue weighted by molar-refractivity contribution is 0.393. The van der Waals surface area contributed by atoms with Crippen molar-refractivity contribution in [1.82, 2.24) is 10.1 Å². The maximum absolute atomic E-state index is 5.26. The van der Waals surface area contributed by atoms with Crippen LogP contribution < -0.4 is 5.32 Å². The van der Waals surface area contributed by atoms with Crippen LogP contribution >= 0.6 is 11.3 Å². The first-order chi connectivity index (χ1) is 8.56. The molecule has 94 valence electrons. The molecule has 0 fully saturated rings. The van der Waals surface area contributed by atoms with Gasteiger partial charge in [-0.25, -0.2) is 4.98 Å². The molecule has 2 aromatic rings. The van der Waals surface area contributed by atoms with Crippen molar-refractivity contribution in [2.75, 3.05) is 5.32 Å². The summed E-state index contributed by atoms with van der Waals surface area (Å²) in [6.07, 6.45) is 2.20. The predicted octanol–water partition coefficient (Wildman–Crippen LogP) is 3.41. The van der Waals surface area contributed by atoms with E-state index < -0.39 is 0 Å². The largest absolute Gasteiger partial charge is 0.362 e. The minimum absolute atomic E-state index is 0.218. The number of nitrogens with zero attached hydrogens (tertiary/aromatic N) is 2. The Labute approximate surface area is 110 Å². The molecule has 1 aliphatic rings. The first kappa shape index (κ1) is 11.5. The second-order valence-corrected chi connectivity index (χ2v) is 5.85. The number of hydrogen-bond donors (Lipinski definition) is 1. The van der Waals surface area contributed by atoms with Crippen LogP contribution in [0.25, 0.3) is 11.6 Å². The topological polar surface area (TPSA) is 51.0 Å². The van der Waals surface area contributed by atoms with Gasteiger partial charge in [0.2, 0.25) is 0 Å². The fourth-order valence-corrected chi connectivity index (χ4v) is 3.22. The number of aryl methyl sites for hydroxylation is 3. The Kier molecular flexibility index (Phi) is 2.52. The Hall–Kier alpha value is -1.62. The molecule has 0 saturated carbocycles. The summed E-state index contributed by atoms with van der Waals surface area (Å²) in [5, 5.41) is 8.55. The van der Waals surface area contributed by atoms with Gasteiger partial charge in [0.1, 0.15) is 11.6 Å². The van der Waals surface area contributed by atoms with Crippen LogP contribution in [-0.2, 0) is 0 Å². The summed E-state index contributed by atoms with van der Waals surface area (Å²) in [5.74, 6) is 1.86. The molecular formula is C13H15N3OS. The van der Waals surface area contributed by atoms with E-state index in [0.717, 1.165) is 27.8 Å². The number of aromatic nitrogens is 2. The second kappa shape index (κ2) is 3.95. The van der Waals surface area contributed by atoms with E-state index in [4.69, 9.17) is 4.52 Å². The Morgan fingerprint density at radius 1 is 1.33 bits per heavy atom. The molecule has 4 nitrogen and oxygen atoms in total. The normalized spacial score (nSPS) is 18.2. The second-order valence-electron chi connectivity index (χ2n) is 4.61. The maximum atomic E-state index is 5.26. The fourth-order valence-electron chi connectivity index (χ4n) is 2.38. The van der Waals surface area contributed by atoms with Crippen molar-refractivity contribution >= 4 is 28.8 Å². The molecule has 5 heteroatoms. The van der Waals surface area contributed by atoms with Crippen molar-refractivity contribution < 1.29 is 4.52 Å². The van der Waals surface area contributed by atoms with Gasteiger partial charge < -0.3 is 9.84 Å². The summed E-state index contributed by atoms with van der Waals surface area (Å²) < 4.78 is 5.26. The molecule has 1 unspecified atom stereocenters. The van der Waals surface area contributed by atoms with Crippen molar-refractivity contribution in [3.63, 3.8) is 0 Å². The van der Waals surface area contributed by atoms with Crippen LogP contribution in [0.3, 0.4) is 0 Å². The quantitative estimate of drug-likeness (QED) is 0.854. The zero-order valence-electron chi connectivity index (χ0n) is 10.9. The lowest BCUT2D eigenvalue weighted by Crippen LogP contribution is -2.21. The van der Waals surface area contributed by atoms with E-state index in [-0.39, 0.29) is 6.04 Å². The zero-order chi connectivity index (χ0) is 12.9. The highest BCUT2D eigenvalue weighted by Crippen LogP contribution is 2.37. The van der Waals surface area contributed by atoms with Crippen LogP contribution in [0.4, 0.5) is 5.82 Å². The van der Waals surface area contributed by atoms with E-state index in [0.29, 0.717) is 0 Å². The lowest BCUT2D eigenvalue weighted by Gasteiger charge is -2.22. The van der Waals surface area contributed by atoms with E-state index in [1.165, 1.54) is 10.5 Å². The Bertz CT molecular complexity index is 619. The molecule has 1 atom stereocenters. The lowest BCUT2D eigenvalue weighted by atomic mass is 9.95. The van der Waals surface area contributed by atoms with Crippen LogP contribution in [0.5, 0.6) is 0 Å². The zero-order valence-corrected chi connectivity index (χ0v) is 11.7. The molecule has 1 aliphatic heterocycles. The average molecular weight is 261 g/mol. The molecule has 0 aliphatic carbocycles. The molecule has 0 aromatic carbocycles. The Morgan fingerprint density at radius 3 is 2.78 bits per heavy atom. The summed E-state index contributed by atoms with van der Waals surface area (Å²) in [7, 11) is 0. The highest BCUT2D eigenvalue weighted by Gasteiger charge is 2.25. The number of fused-ring (bicyclic) bond motifs is 1. The van der Waals surface area contributed by atoms with Crippen molar-refractivity contribution in [1.29, 1.82) is 0 Å². The smallest absolute Gasteiger partial charge is 0.145 e. The van der Waals surface area contributed by atoms with Gasteiger partial charge >= 0.3 is 0 Å². The van der Waals surface area contributed by atoms with Crippen LogP contribution in [0.2, 0.25) is 0 Å². The van der Waals surface area contributed by atoms with Crippen LogP contribution in [0.15, 0.2) is 4.52 Å². The third-order valence-electron chi connectivity index (χ3n) is 3.19. The molecule has 18 heavy (non-hydrogen) atoms. The van der Waals surface area contributed by atoms with Crippen molar-refractivity contribution in [2.24, 2.45) is 0 Å². The van der Waals surface area contributed by atoms with E-state index in [9.17, 15) is 0 Å². The molecule has 3 heterocycles. The van der Waals surface area contributed by atoms with Gasteiger partial charge in [0.25, 0.3) is 0 Å². The highest BCUT2D eigenvalue weighted by atomic mass is 32.1. The molecular weight excluding hydrogens is 246 g/mol. The molecule has 0 amide bonds. The number of anilines is 1. The molecule has 0 spiro atoms. The van der Waals surface area contributed by atoms with Crippen molar-refractivity contribution in [3.05, 3.63) is 26.9 Å². The Morgan fingerprint density at radius 2 is 2.11 bits per heavy atom. The molecule has 0 bridgehead atoms. The average Bonchev–Trinajstić information content (AvgIpc) is 2.80. The fraction of sp³-hybridized carbons (Fsp3) is 0.385. The van der Waals surface area contributed by atoms with E-state index in [1.54, 1.807) is 11.3 Å². The number of hydrogen-bond acceptors (Lipinski definition) is 5. The summed E-state index contributed by atoms with van der Waals surface area (Å²) >= 11 is 1.70.